The number of halogens is 2. The summed E-state index contributed by atoms with van der Waals surface area (Å²) >= 11 is 0. The zero-order valence-corrected chi connectivity index (χ0v) is 22.1. The number of carboxylic acids is 2. The van der Waals surface area contributed by atoms with Gasteiger partial charge in [0.15, 0.2) is 0 Å². The Bertz CT molecular complexity index is 511. The summed E-state index contributed by atoms with van der Waals surface area (Å²) < 4.78 is 8.92. The molecule has 0 aromatic heterocycles. The van der Waals surface area contributed by atoms with E-state index in [2.05, 4.69) is 9.47 Å². The van der Waals surface area contributed by atoms with E-state index < -0.39 is 48.0 Å². The van der Waals surface area contributed by atoms with Crippen molar-refractivity contribution in [2.24, 2.45) is 22.9 Å². The maximum Gasteiger partial charge on any atom is 0.323 e. The Hall–Kier alpha value is -0.300. The van der Waals surface area contributed by atoms with E-state index in [4.69, 9.17) is 33.1 Å². The third kappa shape index (κ3) is 21.5. The normalized spacial score (nSPS) is 13.4. The van der Waals surface area contributed by atoms with E-state index in [-0.39, 0.29) is 36.3 Å². The van der Waals surface area contributed by atoms with Gasteiger partial charge in [0.2, 0.25) is 0 Å². The molecule has 0 aromatic rings. The molecule has 0 amide bonds. The van der Waals surface area contributed by atoms with Gasteiger partial charge >= 0.3 is 23.9 Å². The largest absolute Gasteiger partial charge is 0.480 e. The highest BCUT2D eigenvalue weighted by Crippen LogP contribution is 2.23. The van der Waals surface area contributed by atoms with Crippen LogP contribution in [-0.2, 0) is 28.7 Å². The van der Waals surface area contributed by atoms with E-state index in [1.807, 2.05) is 0 Å². The fourth-order valence-corrected chi connectivity index (χ4v) is 5.51. The lowest BCUT2D eigenvalue weighted by Gasteiger charge is -2.10. The van der Waals surface area contributed by atoms with E-state index in [9.17, 15) is 19.2 Å². The van der Waals surface area contributed by atoms with Crippen LogP contribution in [0.15, 0.2) is 0 Å². The molecule has 18 heteroatoms. The van der Waals surface area contributed by atoms with E-state index in [0.717, 1.165) is 0 Å². The third-order valence-electron chi connectivity index (χ3n) is 2.80. The van der Waals surface area contributed by atoms with Crippen LogP contribution in [0.1, 0.15) is 0 Å². The Morgan fingerprint density at radius 2 is 0.844 bits per heavy atom. The molecule has 0 bridgehead atoms. The first-order valence-corrected chi connectivity index (χ1v) is 13.1. The highest BCUT2D eigenvalue weighted by atomic mass is 35.5. The highest BCUT2D eigenvalue weighted by Gasteiger charge is 2.16. The molecule has 0 unspecified atom stereocenters. The molecule has 32 heavy (non-hydrogen) atoms. The first-order chi connectivity index (χ1) is 14.0. The van der Waals surface area contributed by atoms with Crippen LogP contribution in [0, 0.1) is 0 Å². The fraction of sp³-hybridized carbons (Fsp3) is 0.714. The molecule has 0 aliphatic rings. The van der Waals surface area contributed by atoms with Crippen molar-refractivity contribution < 1.29 is 38.9 Å². The molecule has 0 aliphatic heterocycles. The minimum atomic E-state index is -1.07. The molecule has 192 valence electrons. The quantitative estimate of drug-likeness (QED) is 0.0854. The van der Waals surface area contributed by atoms with Gasteiger partial charge in [0.25, 0.3) is 0 Å². The molecule has 0 spiro atoms. The molecule has 0 radical (unpaired) electrons. The van der Waals surface area contributed by atoms with Gasteiger partial charge in [0, 0.05) is 23.0 Å². The SMILES string of the molecule is COC(=O)[C@@H](N)CSSC[C@H](N)C(=O)OC.Cl.Cl.N[C@@H](CSSC[C@H](N)C(=O)O)C(=O)O. The zero-order chi connectivity index (χ0) is 23.7. The number of carbonyl (C=O) groups excluding carboxylic acids is 2. The molecule has 0 rings (SSSR count). The van der Waals surface area contributed by atoms with Gasteiger partial charge in [-0.25, -0.2) is 0 Å². The minimum absolute atomic E-state index is 0. The number of aliphatic carboxylic acids is 2. The van der Waals surface area contributed by atoms with Gasteiger partial charge in [-0.1, -0.05) is 43.2 Å². The highest BCUT2D eigenvalue weighted by molar-refractivity contribution is 8.77. The summed E-state index contributed by atoms with van der Waals surface area (Å²) in [6.07, 6.45) is 0. The van der Waals surface area contributed by atoms with E-state index in [1.165, 1.54) is 57.4 Å². The van der Waals surface area contributed by atoms with Crippen LogP contribution in [0.2, 0.25) is 0 Å². The number of hydrogen-bond donors (Lipinski definition) is 6. The van der Waals surface area contributed by atoms with Crippen molar-refractivity contribution in [1.82, 2.24) is 0 Å². The molecule has 0 saturated heterocycles. The summed E-state index contributed by atoms with van der Waals surface area (Å²) in [5.74, 6) is -1.77. The van der Waals surface area contributed by atoms with Crippen LogP contribution in [0.5, 0.6) is 0 Å². The lowest BCUT2D eigenvalue weighted by molar-refractivity contribution is -0.142. The summed E-state index contributed by atoms with van der Waals surface area (Å²) in [6.45, 7) is 0. The molecular formula is C14H30Cl2N4O8S4. The molecular weight excluding hydrogens is 551 g/mol. The number of methoxy groups -OCH3 is 2. The fourth-order valence-electron chi connectivity index (χ4n) is 1.07. The lowest BCUT2D eigenvalue weighted by Crippen LogP contribution is -2.34. The average Bonchev–Trinajstić information content (AvgIpc) is 2.72. The average molecular weight is 582 g/mol. The molecule has 0 aliphatic carbocycles. The summed E-state index contributed by atoms with van der Waals surface area (Å²) in [5.41, 5.74) is 21.4. The second kappa shape index (κ2) is 23.8. The molecule has 10 N–H and O–H groups in total. The zero-order valence-electron chi connectivity index (χ0n) is 17.2. The standard InChI is InChI=1S/C8H16N2O4S2.C6H12N2O4S2.2ClH/c1-13-7(11)5(9)3-15-16-4-6(10)8(12)14-2;7-3(5(9)10)1-13-14-2-4(8)6(11)12;;/h5-6H,3-4,9-10H2,1-2H3;3-4H,1-2,7-8H2,(H,9,10)(H,11,12);2*1H/t5-,6-;3-,4-;;/m00../s1. The van der Waals surface area contributed by atoms with Crippen LogP contribution in [0.3, 0.4) is 0 Å². The van der Waals surface area contributed by atoms with Crippen LogP contribution in [-0.4, -0.2) is 95.5 Å². The molecule has 0 saturated carbocycles. The Labute approximate surface area is 214 Å². The van der Waals surface area contributed by atoms with Crippen LogP contribution >= 0.6 is 68.0 Å². The molecule has 12 nitrogen and oxygen atoms in total. The van der Waals surface area contributed by atoms with E-state index >= 15 is 0 Å². The maximum absolute atomic E-state index is 10.9. The number of rotatable bonds is 14. The summed E-state index contributed by atoms with van der Waals surface area (Å²) in [6, 6.07) is -3.16. The molecule has 0 aromatic carbocycles. The maximum atomic E-state index is 10.9. The number of hydrogen-bond acceptors (Lipinski definition) is 14. The van der Waals surface area contributed by atoms with Gasteiger partial charge in [0.05, 0.1) is 14.2 Å². The van der Waals surface area contributed by atoms with Gasteiger partial charge in [0.1, 0.15) is 24.2 Å². The molecule has 0 fully saturated rings. The van der Waals surface area contributed by atoms with Crippen molar-refractivity contribution in [3.05, 3.63) is 0 Å². The van der Waals surface area contributed by atoms with Crippen LogP contribution in [0.25, 0.3) is 0 Å². The minimum Gasteiger partial charge on any atom is -0.480 e. The van der Waals surface area contributed by atoms with Gasteiger partial charge in [-0.15, -0.1) is 24.8 Å². The summed E-state index contributed by atoms with van der Waals surface area (Å²) in [4.78, 5) is 42.4. The smallest absolute Gasteiger partial charge is 0.323 e. The first kappa shape index (κ1) is 38.9. The predicted octanol–water partition coefficient (Wildman–Crippen LogP) is -0.596. The predicted molar refractivity (Wildman–Crippen MR) is 136 cm³/mol. The van der Waals surface area contributed by atoms with Crippen molar-refractivity contribution in [2.45, 2.75) is 24.2 Å². The summed E-state index contributed by atoms with van der Waals surface area (Å²) in [7, 11) is 7.70. The van der Waals surface area contributed by atoms with Crippen molar-refractivity contribution >= 4 is 91.9 Å². The second-order valence-electron chi connectivity index (χ2n) is 5.29. The monoisotopic (exact) mass is 580 g/mol. The number of nitrogens with two attached hydrogens (primary N) is 4. The number of carboxylic acid groups (broad SMARTS) is 2. The molecule has 4 atom stereocenters. The Morgan fingerprint density at radius 1 is 0.625 bits per heavy atom. The van der Waals surface area contributed by atoms with E-state index in [0.29, 0.717) is 11.5 Å². The second-order valence-corrected chi connectivity index (χ2v) is 10.4. The van der Waals surface area contributed by atoms with Crippen LogP contribution < -0.4 is 22.9 Å². The number of esters is 2. The van der Waals surface area contributed by atoms with Gasteiger partial charge in [-0.05, 0) is 0 Å². The van der Waals surface area contributed by atoms with Gasteiger partial charge in [-0.2, -0.15) is 0 Å². The Morgan fingerprint density at radius 3 is 1.03 bits per heavy atom. The summed E-state index contributed by atoms with van der Waals surface area (Å²) in [5, 5.41) is 16.8. The van der Waals surface area contributed by atoms with Crippen molar-refractivity contribution in [3.63, 3.8) is 0 Å². The van der Waals surface area contributed by atoms with Crippen molar-refractivity contribution in [2.75, 3.05) is 37.2 Å². The number of ether oxygens (including phenoxy) is 2. The van der Waals surface area contributed by atoms with Crippen molar-refractivity contribution in [3.8, 4) is 0 Å². The van der Waals surface area contributed by atoms with E-state index in [1.54, 1.807) is 0 Å². The topological polar surface area (TPSA) is 231 Å². The van der Waals surface area contributed by atoms with Crippen LogP contribution in [0.4, 0.5) is 0 Å². The Balaban J connectivity index is -0.000000232. The molecule has 0 heterocycles. The third-order valence-corrected chi connectivity index (χ3v) is 7.75. The lowest BCUT2D eigenvalue weighted by atomic mass is 10.4. The Kier molecular flexibility index (Phi) is 29.0. The van der Waals surface area contributed by atoms with Gasteiger partial charge < -0.3 is 42.6 Å². The van der Waals surface area contributed by atoms with Crippen molar-refractivity contribution in [1.29, 1.82) is 0 Å². The first-order valence-electron chi connectivity index (χ1n) is 8.10. The number of carbonyl (C=O) groups is 4. The van der Waals surface area contributed by atoms with Gasteiger partial charge in [-0.3, -0.25) is 19.2 Å².